The minimum atomic E-state index is -5.08. The molecule has 2 heterocycles. The number of carboxylic acids is 1. The van der Waals surface area contributed by atoms with Crippen LogP contribution in [0.1, 0.15) is 44.9 Å². The number of likely N-dealkylation sites (tertiary alicyclic amines) is 2. The Kier molecular flexibility index (Phi) is 8.10. The molecule has 3 aliphatic rings. The summed E-state index contributed by atoms with van der Waals surface area (Å²) >= 11 is 0. The van der Waals surface area contributed by atoms with E-state index in [0.29, 0.717) is 18.2 Å². The van der Waals surface area contributed by atoms with Gasteiger partial charge in [-0.15, -0.1) is 0 Å². The van der Waals surface area contributed by atoms with E-state index in [0.717, 1.165) is 39.1 Å². The Labute approximate surface area is 169 Å². The van der Waals surface area contributed by atoms with E-state index in [1.807, 2.05) is 0 Å². The van der Waals surface area contributed by atoms with E-state index in [2.05, 4.69) is 22.9 Å². The minimum Gasteiger partial charge on any atom is -0.475 e. The van der Waals surface area contributed by atoms with E-state index >= 15 is 0 Å². The molecule has 0 saturated carbocycles. The standard InChI is InChI=1S/C18H30N2O2.C2HF3O2/c1-19-9-8-16(12-22-2)11-18(19)13-20(14-18)17(21)10-15-6-4-3-5-7-15;3-2(4,5)1(6)7/h6,16H,3-5,7-14H2,1-2H3;(H,6,7). The predicted molar refractivity (Wildman–Crippen MR) is 101 cm³/mol. The minimum absolute atomic E-state index is 0.220. The van der Waals surface area contributed by atoms with Gasteiger partial charge in [0.15, 0.2) is 0 Å². The fraction of sp³-hybridized carbons (Fsp3) is 0.800. The number of hydrogen-bond donors (Lipinski definition) is 1. The number of nitrogens with zero attached hydrogens (tertiary/aromatic N) is 2. The van der Waals surface area contributed by atoms with Gasteiger partial charge >= 0.3 is 12.1 Å². The van der Waals surface area contributed by atoms with Crippen LogP contribution in [0.3, 0.4) is 0 Å². The van der Waals surface area contributed by atoms with Gasteiger partial charge in [-0.05, 0) is 58.0 Å². The molecule has 29 heavy (non-hydrogen) atoms. The molecular formula is C20H31F3N2O4. The first-order valence-electron chi connectivity index (χ1n) is 10.0. The largest absolute Gasteiger partial charge is 0.490 e. The number of rotatable bonds is 4. The monoisotopic (exact) mass is 420 g/mol. The van der Waals surface area contributed by atoms with Crippen molar-refractivity contribution in [2.45, 2.75) is 56.7 Å². The maximum atomic E-state index is 12.5. The van der Waals surface area contributed by atoms with Gasteiger partial charge in [0, 0.05) is 33.2 Å². The maximum Gasteiger partial charge on any atom is 0.490 e. The number of piperidine rings is 1. The Hall–Kier alpha value is -1.61. The number of likely N-dealkylation sites (N-methyl/N-ethyl adjacent to an activating group) is 1. The molecular weight excluding hydrogens is 389 g/mol. The van der Waals surface area contributed by atoms with Crippen molar-refractivity contribution in [3.63, 3.8) is 0 Å². The van der Waals surface area contributed by atoms with Crippen molar-refractivity contribution in [1.29, 1.82) is 0 Å². The second-order valence-electron chi connectivity index (χ2n) is 8.30. The molecule has 1 spiro atoms. The number of methoxy groups -OCH3 is 1. The molecule has 0 radical (unpaired) electrons. The van der Waals surface area contributed by atoms with E-state index in [1.54, 1.807) is 7.11 Å². The van der Waals surface area contributed by atoms with Gasteiger partial charge in [0.05, 0.1) is 5.54 Å². The number of carbonyl (C=O) groups excluding carboxylic acids is 1. The average Bonchev–Trinajstić information content (AvgIpc) is 2.62. The van der Waals surface area contributed by atoms with E-state index in [9.17, 15) is 18.0 Å². The Morgan fingerprint density at radius 3 is 2.48 bits per heavy atom. The van der Waals surface area contributed by atoms with Crippen LogP contribution in [-0.2, 0) is 14.3 Å². The molecule has 0 aromatic carbocycles. The Morgan fingerprint density at radius 1 is 1.31 bits per heavy atom. The number of aliphatic carboxylic acids is 1. The highest BCUT2D eigenvalue weighted by molar-refractivity contribution is 5.80. The van der Waals surface area contributed by atoms with Crippen molar-refractivity contribution < 1.29 is 32.6 Å². The van der Waals surface area contributed by atoms with Gasteiger partial charge in [-0.3, -0.25) is 9.69 Å². The summed E-state index contributed by atoms with van der Waals surface area (Å²) in [5, 5.41) is 7.12. The molecule has 1 aliphatic carbocycles. The van der Waals surface area contributed by atoms with Crippen LogP contribution >= 0.6 is 0 Å². The fourth-order valence-electron chi connectivity index (χ4n) is 4.37. The summed E-state index contributed by atoms with van der Waals surface area (Å²) < 4.78 is 37.1. The zero-order valence-corrected chi connectivity index (χ0v) is 17.1. The molecule has 9 heteroatoms. The summed E-state index contributed by atoms with van der Waals surface area (Å²) in [5.41, 5.74) is 1.59. The SMILES string of the molecule is COCC1CCN(C)C2(C1)CN(C(=O)CC1=CCCCC1)C2.O=C(O)C(F)(F)F. The third-order valence-electron chi connectivity index (χ3n) is 6.08. The average molecular weight is 420 g/mol. The van der Waals surface area contributed by atoms with E-state index in [1.165, 1.54) is 31.3 Å². The lowest BCUT2D eigenvalue weighted by Crippen LogP contribution is -2.72. The van der Waals surface area contributed by atoms with Crippen molar-refractivity contribution in [2.24, 2.45) is 5.92 Å². The first kappa shape index (κ1) is 23.7. The van der Waals surface area contributed by atoms with Crippen LogP contribution in [-0.4, -0.2) is 78.9 Å². The van der Waals surface area contributed by atoms with Crippen molar-refractivity contribution in [3.05, 3.63) is 11.6 Å². The van der Waals surface area contributed by atoms with Gasteiger partial charge in [0.2, 0.25) is 5.91 Å². The summed E-state index contributed by atoms with van der Waals surface area (Å²) in [6.45, 7) is 3.81. The molecule has 1 atom stereocenters. The molecule has 0 bridgehead atoms. The third-order valence-corrected chi connectivity index (χ3v) is 6.08. The van der Waals surface area contributed by atoms with Crippen molar-refractivity contribution in [1.82, 2.24) is 9.80 Å². The van der Waals surface area contributed by atoms with Crippen LogP contribution in [0.4, 0.5) is 13.2 Å². The quantitative estimate of drug-likeness (QED) is 0.708. The second-order valence-corrected chi connectivity index (χ2v) is 8.30. The lowest BCUT2D eigenvalue weighted by molar-refractivity contribution is -0.192. The van der Waals surface area contributed by atoms with Gasteiger partial charge in [0.1, 0.15) is 0 Å². The van der Waals surface area contributed by atoms with Crippen LogP contribution < -0.4 is 0 Å². The summed E-state index contributed by atoms with van der Waals surface area (Å²) in [5.74, 6) is -1.77. The molecule has 1 N–H and O–H groups in total. The van der Waals surface area contributed by atoms with Gasteiger partial charge in [-0.1, -0.05) is 11.6 Å². The van der Waals surface area contributed by atoms with Gasteiger partial charge in [-0.25, -0.2) is 4.79 Å². The number of ether oxygens (including phenoxy) is 1. The normalized spacial score (nSPS) is 24.2. The Bertz CT molecular complexity index is 615. The molecule has 1 amide bonds. The first-order valence-corrected chi connectivity index (χ1v) is 10.0. The van der Waals surface area contributed by atoms with E-state index in [4.69, 9.17) is 14.6 Å². The summed E-state index contributed by atoms with van der Waals surface area (Å²) in [6, 6.07) is 0. The third kappa shape index (κ3) is 6.44. The summed E-state index contributed by atoms with van der Waals surface area (Å²) in [6.07, 6.45) is 5.07. The molecule has 3 rings (SSSR count). The van der Waals surface area contributed by atoms with Gasteiger partial charge in [-0.2, -0.15) is 13.2 Å². The number of alkyl halides is 3. The topological polar surface area (TPSA) is 70.1 Å². The molecule has 0 aromatic rings. The van der Waals surface area contributed by atoms with Crippen LogP contribution in [0.15, 0.2) is 11.6 Å². The molecule has 2 aliphatic heterocycles. The van der Waals surface area contributed by atoms with E-state index < -0.39 is 12.1 Å². The maximum absolute atomic E-state index is 12.5. The smallest absolute Gasteiger partial charge is 0.475 e. The summed E-state index contributed by atoms with van der Waals surface area (Å²) in [4.78, 5) is 25.9. The van der Waals surface area contributed by atoms with Gasteiger partial charge in [0.25, 0.3) is 0 Å². The molecule has 0 aromatic heterocycles. The van der Waals surface area contributed by atoms with E-state index in [-0.39, 0.29) is 5.54 Å². The lowest BCUT2D eigenvalue weighted by Gasteiger charge is -2.58. The van der Waals surface area contributed by atoms with Crippen LogP contribution in [0.25, 0.3) is 0 Å². The molecule has 166 valence electrons. The molecule has 1 unspecified atom stereocenters. The van der Waals surface area contributed by atoms with Crippen LogP contribution in [0.5, 0.6) is 0 Å². The highest BCUT2D eigenvalue weighted by atomic mass is 19.4. The highest BCUT2D eigenvalue weighted by Gasteiger charge is 2.50. The number of allylic oxidation sites excluding steroid dienone is 1. The number of halogens is 3. The number of carboxylic acid groups (broad SMARTS) is 1. The van der Waals surface area contributed by atoms with Gasteiger partial charge < -0.3 is 14.7 Å². The molecule has 2 saturated heterocycles. The molecule has 6 nitrogen and oxygen atoms in total. The Morgan fingerprint density at radius 2 is 1.97 bits per heavy atom. The lowest BCUT2D eigenvalue weighted by atomic mass is 9.75. The second kappa shape index (κ2) is 9.93. The fourth-order valence-corrected chi connectivity index (χ4v) is 4.37. The molecule has 2 fully saturated rings. The van der Waals surface area contributed by atoms with Crippen molar-refractivity contribution in [2.75, 3.05) is 40.4 Å². The number of hydrogen-bond acceptors (Lipinski definition) is 4. The zero-order chi connectivity index (χ0) is 21.7. The number of amides is 1. The summed E-state index contributed by atoms with van der Waals surface area (Å²) in [7, 11) is 4.01. The van der Waals surface area contributed by atoms with Crippen molar-refractivity contribution in [3.8, 4) is 0 Å². The first-order chi connectivity index (χ1) is 13.6. The highest BCUT2D eigenvalue weighted by Crippen LogP contribution is 2.39. The predicted octanol–water partition coefficient (Wildman–Crippen LogP) is 3.08. The zero-order valence-electron chi connectivity index (χ0n) is 17.1. The van der Waals surface area contributed by atoms with Crippen molar-refractivity contribution >= 4 is 11.9 Å². The number of carbonyl (C=O) groups is 2. The van der Waals surface area contributed by atoms with Crippen LogP contribution in [0.2, 0.25) is 0 Å². The van der Waals surface area contributed by atoms with Crippen LogP contribution in [0, 0.1) is 5.92 Å². The Balaban J connectivity index is 0.000000370.